The molecule has 0 aliphatic rings. The molecular weight excluding hydrogens is 240 g/mol. The van der Waals surface area contributed by atoms with Gasteiger partial charge in [-0.1, -0.05) is 39.8 Å². The Morgan fingerprint density at radius 1 is 1.32 bits per heavy atom. The summed E-state index contributed by atoms with van der Waals surface area (Å²) in [7, 11) is 0. The second kappa shape index (κ2) is 5.64. The van der Waals surface area contributed by atoms with Crippen molar-refractivity contribution in [1.82, 2.24) is 0 Å². The third-order valence-corrected chi connectivity index (χ3v) is 3.52. The Balaban J connectivity index is 3.30. The van der Waals surface area contributed by atoms with Gasteiger partial charge in [0.25, 0.3) is 0 Å². The SMILES string of the molecule is CCC(CC(=O)O)c1cc(C)c(O)c(C(C)(C)C)c1. The fourth-order valence-electron chi connectivity index (χ4n) is 2.32. The van der Waals surface area contributed by atoms with Gasteiger partial charge in [0, 0.05) is 0 Å². The van der Waals surface area contributed by atoms with E-state index in [0.717, 1.165) is 23.1 Å². The summed E-state index contributed by atoms with van der Waals surface area (Å²) >= 11 is 0. The Morgan fingerprint density at radius 2 is 1.89 bits per heavy atom. The molecule has 0 bridgehead atoms. The van der Waals surface area contributed by atoms with Crippen molar-refractivity contribution < 1.29 is 15.0 Å². The molecule has 3 nitrogen and oxygen atoms in total. The van der Waals surface area contributed by atoms with Crippen molar-refractivity contribution in [3.05, 3.63) is 28.8 Å². The lowest BCUT2D eigenvalue weighted by Gasteiger charge is -2.24. The van der Waals surface area contributed by atoms with E-state index in [2.05, 4.69) is 0 Å². The Morgan fingerprint density at radius 3 is 2.32 bits per heavy atom. The topological polar surface area (TPSA) is 57.5 Å². The molecule has 0 saturated carbocycles. The van der Waals surface area contributed by atoms with Gasteiger partial charge in [0.05, 0.1) is 6.42 Å². The van der Waals surface area contributed by atoms with E-state index in [4.69, 9.17) is 5.11 Å². The molecule has 0 saturated heterocycles. The number of phenolic OH excluding ortho intramolecular Hbond substituents is 1. The molecule has 0 aliphatic heterocycles. The average molecular weight is 264 g/mol. The second-order valence-corrected chi connectivity index (χ2v) is 6.19. The van der Waals surface area contributed by atoms with Crippen LogP contribution in [0.25, 0.3) is 0 Å². The minimum absolute atomic E-state index is 0.00194. The highest BCUT2D eigenvalue weighted by atomic mass is 16.4. The van der Waals surface area contributed by atoms with Crippen molar-refractivity contribution in [2.24, 2.45) is 0 Å². The maximum absolute atomic E-state index is 10.9. The van der Waals surface area contributed by atoms with E-state index >= 15 is 0 Å². The maximum Gasteiger partial charge on any atom is 0.303 e. The fourth-order valence-corrected chi connectivity index (χ4v) is 2.32. The second-order valence-electron chi connectivity index (χ2n) is 6.19. The Kier molecular flexibility index (Phi) is 4.61. The number of aromatic hydroxyl groups is 1. The molecule has 1 atom stereocenters. The van der Waals surface area contributed by atoms with E-state index in [1.54, 1.807) is 0 Å². The highest BCUT2D eigenvalue weighted by molar-refractivity contribution is 5.68. The van der Waals surface area contributed by atoms with E-state index in [1.165, 1.54) is 0 Å². The molecule has 3 heteroatoms. The predicted octanol–water partition coefficient (Wildman–Crippen LogP) is 3.97. The first-order chi connectivity index (χ1) is 8.66. The first kappa shape index (κ1) is 15.5. The molecule has 106 valence electrons. The summed E-state index contributed by atoms with van der Waals surface area (Å²) in [5.74, 6) is -0.464. The molecule has 0 fully saturated rings. The van der Waals surface area contributed by atoms with E-state index in [0.29, 0.717) is 5.75 Å². The molecule has 0 radical (unpaired) electrons. The van der Waals surface area contributed by atoms with Gasteiger partial charge in [-0.25, -0.2) is 0 Å². The molecule has 1 aromatic carbocycles. The highest BCUT2D eigenvalue weighted by Crippen LogP contribution is 2.37. The van der Waals surface area contributed by atoms with Crippen LogP contribution in [0, 0.1) is 6.92 Å². The predicted molar refractivity (Wildman–Crippen MR) is 76.8 cm³/mol. The van der Waals surface area contributed by atoms with Gasteiger partial charge in [-0.3, -0.25) is 4.79 Å². The van der Waals surface area contributed by atoms with Crippen LogP contribution in [0.5, 0.6) is 5.75 Å². The summed E-state index contributed by atoms with van der Waals surface area (Å²) in [6.45, 7) is 9.99. The number of rotatable bonds is 4. The molecule has 2 N–H and O–H groups in total. The van der Waals surface area contributed by atoms with Crippen molar-refractivity contribution in [1.29, 1.82) is 0 Å². The normalized spacial score (nSPS) is 13.3. The number of carboxylic acids is 1. The third kappa shape index (κ3) is 3.72. The zero-order valence-electron chi connectivity index (χ0n) is 12.4. The molecule has 1 unspecified atom stereocenters. The van der Waals surface area contributed by atoms with Crippen LogP contribution < -0.4 is 0 Å². The maximum atomic E-state index is 10.9. The minimum Gasteiger partial charge on any atom is -0.507 e. The number of aryl methyl sites for hydroxylation is 1. The molecule has 1 aromatic rings. The van der Waals surface area contributed by atoms with Crippen molar-refractivity contribution in [2.75, 3.05) is 0 Å². The Hall–Kier alpha value is -1.51. The number of phenols is 1. The quantitative estimate of drug-likeness (QED) is 0.865. The highest BCUT2D eigenvalue weighted by Gasteiger charge is 2.23. The molecule has 0 aromatic heterocycles. The number of benzene rings is 1. The monoisotopic (exact) mass is 264 g/mol. The number of carboxylic acid groups (broad SMARTS) is 1. The van der Waals surface area contributed by atoms with Gasteiger partial charge < -0.3 is 10.2 Å². The van der Waals surface area contributed by atoms with Gasteiger partial charge in [0.15, 0.2) is 0 Å². The van der Waals surface area contributed by atoms with Crippen LogP contribution in [0.1, 0.15) is 63.1 Å². The van der Waals surface area contributed by atoms with E-state index in [1.807, 2.05) is 46.8 Å². The largest absolute Gasteiger partial charge is 0.507 e. The zero-order chi connectivity index (χ0) is 14.8. The summed E-state index contributed by atoms with van der Waals surface area (Å²) < 4.78 is 0. The molecule has 0 spiro atoms. The van der Waals surface area contributed by atoms with Crippen molar-refractivity contribution >= 4 is 5.97 Å². The average Bonchev–Trinajstić information content (AvgIpc) is 2.27. The molecular formula is C16H24O3. The van der Waals surface area contributed by atoms with Gasteiger partial charge in [-0.15, -0.1) is 0 Å². The lowest BCUT2D eigenvalue weighted by Crippen LogP contribution is -2.14. The number of hydrogen-bond donors (Lipinski definition) is 2. The van der Waals surface area contributed by atoms with Crippen LogP contribution in [0.15, 0.2) is 12.1 Å². The smallest absolute Gasteiger partial charge is 0.303 e. The first-order valence-corrected chi connectivity index (χ1v) is 6.72. The zero-order valence-corrected chi connectivity index (χ0v) is 12.4. The Labute approximate surface area is 115 Å². The molecule has 0 aliphatic carbocycles. The molecule has 0 heterocycles. The number of hydrogen-bond acceptors (Lipinski definition) is 2. The Bertz CT molecular complexity index is 470. The van der Waals surface area contributed by atoms with Gasteiger partial charge in [-0.05, 0) is 41.4 Å². The van der Waals surface area contributed by atoms with Crippen molar-refractivity contribution in [3.8, 4) is 5.75 Å². The van der Waals surface area contributed by atoms with Gasteiger partial charge >= 0.3 is 5.97 Å². The van der Waals surface area contributed by atoms with E-state index in [-0.39, 0.29) is 17.8 Å². The fraction of sp³-hybridized carbons (Fsp3) is 0.562. The summed E-state index contributed by atoms with van der Waals surface area (Å²) in [5.41, 5.74) is 2.54. The van der Waals surface area contributed by atoms with Gasteiger partial charge in [0.2, 0.25) is 0 Å². The van der Waals surface area contributed by atoms with Crippen LogP contribution in [-0.2, 0) is 10.2 Å². The summed E-state index contributed by atoms with van der Waals surface area (Å²) in [5, 5.41) is 19.2. The summed E-state index contributed by atoms with van der Waals surface area (Å²) in [6.07, 6.45) is 0.907. The summed E-state index contributed by atoms with van der Waals surface area (Å²) in [4.78, 5) is 10.9. The van der Waals surface area contributed by atoms with Crippen molar-refractivity contribution in [2.45, 2.75) is 58.8 Å². The van der Waals surface area contributed by atoms with Crippen molar-refractivity contribution in [3.63, 3.8) is 0 Å². The van der Waals surface area contributed by atoms with Crippen LogP contribution >= 0.6 is 0 Å². The van der Waals surface area contributed by atoms with E-state index < -0.39 is 5.97 Å². The van der Waals surface area contributed by atoms with E-state index in [9.17, 15) is 9.90 Å². The molecule has 19 heavy (non-hydrogen) atoms. The van der Waals surface area contributed by atoms with Crippen LogP contribution in [0.3, 0.4) is 0 Å². The van der Waals surface area contributed by atoms with Crippen LogP contribution in [0.2, 0.25) is 0 Å². The van der Waals surface area contributed by atoms with Crippen LogP contribution in [-0.4, -0.2) is 16.2 Å². The standard InChI is InChI=1S/C16H24O3/c1-6-11(9-14(17)18)12-7-10(2)15(19)13(8-12)16(3,4)5/h7-8,11,19H,6,9H2,1-5H3,(H,17,18). The number of carbonyl (C=O) groups is 1. The third-order valence-electron chi connectivity index (χ3n) is 3.52. The molecule has 0 amide bonds. The van der Waals surface area contributed by atoms with Gasteiger partial charge in [-0.2, -0.15) is 0 Å². The number of aliphatic carboxylic acids is 1. The first-order valence-electron chi connectivity index (χ1n) is 6.72. The lowest BCUT2D eigenvalue weighted by atomic mass is 9.81. The summed E-state index contributed by atoms with van der Waals surface area (Å²) in [6, 6.07) is 3.86. The molecule has 1 rings (SSSR count). The van der Waals surface area contributed by atoms with Gasteiger partial charge in [0.1, 0.15) is 5.75 Å². The minimum atomic E-state index is -0.783. The van der Waals surface area contributed by atoms with Crippen LogP contribution in [0.4, 0.5) is 0 Å². The lowest BCUT2D eigenvalue weighted by molar-refractivity contribution is -0.137.